The minimum atomic E-state index is -0.625. The van der Waals surface area contributed by atoms with Gasteiger partial charge in [-0.05, 0) is 13.0 Å². The van der Waals surface area contributed by atoms with Gasteiger partial charge in [0.1, 0.15) is 5.75 Å². The standard InChI is InChI=1S/C17H20N4O6/c1-9-11(16(23)20-17(24)19-9)6-15(22)21-18-8-10-5-13(26-3)14(27-4)7-12(10)25-2/h5,7-8H,6H2,1-4H3,(H,21,22)(H2,19,20,23,24)/b18-8-. The number of methoxy groups -OCH3 is 3. The van der Waals surface area contributed by atoms with Crippen LogP contribution in [-0.2, 0) is 11.2 Å². The minimum absolute atomic E-state index is 0.158. The van der Waals surface area contributed by atoms with Gasteiger partial charge < -0.3 is 19.2 Å². The summed E-state index contributed by atoms with van der Waals surface area (Å²) in [4.78, 5) is 39.5. The Labute approximate surface area is 154 Å². The van der Waals surface area contributed by atoms with Gasteiger partial charge in [0.05, 0.1) is 34.0 Å². The summed E-state index contributed by atoms with van der Waals surface area (Å²) in [6.45, 7) is 1.54. The van der Waals surface area contributed by atoms with Gasteiger partial charge in [-0.2, -0.15) is 5.10 Å². The maximum atomic E-state index is 12.0. The van der Waals surface area contributed by atoms with E-state index in [1.807, 2.05) is 0 Å². The van der Waals surface area contributed by atoms with Crippen molar-refractivity contribution >= 4 is 12.1 Å². The highest BCUT2D eigenvalue weighted by Crippen LogP contribution is 2.33. The zero-order valence-electron chi connectivity index (χ0n) is 15.3. The molecule has 2 aromatic rings. The highest BCUT2D eigenvalue weighted by molar-refractivity contribution is 5.87. The van der Waals surface area contributed by atoms with Gasteiger partial charge in [0.2, 0.25) is 5.91 Å². The molecule has 0 saturated carbocycles. The van der Waals surface area contributed by atoms with Crippen LogP contribution in [0.3, 0.4) is 0 Å². The van der Waals surface area contributed by atoms with E-state index in [1.54, 1.807) is 12.1 Å². The molecule has 0 aliphatic heterocycles. The number of aryl methyl sites for hydroxylation is 1. The largest absolute Gasteiger partial charge is 0.496 e. The number of benzene rings is 1. The molecule has 3 N–H and O–H groups in total. The molecule has 0 spiro atoms. The second kappa shape index (κ2) is 8.70. The summed E-state index contributed by atoms with van der Waals surface area (Å²) < 4.78 is 15.7. The van der Waals surface area contributed by atoms with Gasteiger partial charge in [0.25, 0.3) is 5.56 Å². The number of nitrogens with one attached hydrogen (secondary N) is 3. The first-order valence-electron chi connectivity index (χ1n) is 7.83. The van der Waals surface area contributed by atoms with E-state index in [4.69, 9.17) is 14.2 Å². The number of aromatic nitrogens is 2. The van der Waals surface area contributed by atoms with Crippen LogP contribution in [0.4, 0.5) is 0 Å². The summed E-state index contributed by atoms with van der Waals surface area (Å²) >= 11 is 0. The Morgan fingerprint density at radius 3 is 2.30 bits per heavy atom. The number of rotatable bonds is 7. The third-order valence-corrected chi connectivity index (χ3v) is 3.72. The van der Waals surface area contributed by atoms with Crippen molar-refractivity contribution < 1.29 is 19.0 Å². The molecule has 10 heteroatoms. The number of amides is 1. The fraction of sp³-hybridized carbons (Fsp3) is 0.294. The average molecular weight is 376 g/mol. The Morgan fingerprint density at radius 1 is 1.07 bits per heavy atom. The first-order chi connectivity index (χ1) is 12.9. The maximum absolute atomic E-state index is 12.0. The number of ether oxygens (including phenoxy) is 3. The van der Waals surface area contributed by atoms with E-state index >= 15 is 0 Å². The van der Waals surface area contributed by atoms with Crippen LogP contribution in [0.2, 0.25) is 0 Å². The molecule has 0 fully saturated rings. The molecule has 1 amide bonds. The lowest BCUT2D eigenvalue weighted by Gasteiger charge is -2.11. The number of hydrogen-bond acceptors (Lipinski definition) is 7. The van der Waals surface area contributed by atoms with Crippen LogP contribution in [0.1, 0.15) is 16.8 Å². The molecule has 0 bridgehead atoms. The number of hydrogen-bond donors (Lipinski definition) is 3. The van der Waals surface area contributed by atoms with E-state index in [0.29, 0.717) is 28.5 Å². The number of aromatic amines is 2. The lowest BCUT2D eigenvalue weighted by molar-refractivity contribution is -0.120. The molecule has 0 atom stereocenters. The van der Waals surface area contributed by atoms with Crippen molar-refractivity contribution in [2.75, 3.05) is 21.3 Å². The van der Waals surface area contributed by atoms with Crippen molar-refractivity contribution in [3.63, 3.8) is 0 Å². The first-order valence-corrected chi connectivity index (χ1v) is 7.83. The molecule has 27 heavy (non-hydrogen) atoms. The summed E-state index contributed by atoms with van der Waals surface area (Å²) in [5, 5.41) is 3.87. The van der Waals surface area contributed by atoms with Crippen molar-refractivity contribution in [3.05, 3.63) is 49.8 Å². The average Bonchev–Trinajstić information content (AvgIpc) is 2.64. The Bertz CT molecular complexity index is 976. The number of H-pyrrole nitrogens is 2. The number of carbonyl (C=O) groups is 1. The topological polar surface area (TPSA) is 135 Å². The van der Waals surface area contributed by atoms with Crippen LogP contribution >= 0.6 is 0 Å². The van der Waals surface area contributed by atoms with Gasteiger partial charge in [-0.1, -0.05) is 0 Å². The third-order valence-electron chi connectivity index (χ3n) is 3.72. The fourth-order valence-electron chi connectivity index (χ4n) is 2.37. The third kappa shape index (κ3) is 4.75. The van der Waals surface area contributed by atoms with Crippen molar-refractivity contribution in [2.24, 2.45) is 5.10 Å². The zero-order chi connectivity index (χ0) is 20.0. The normalized spacial score (nSPS) is 10.7. The van der Waals surface area contributed by atoms with Crippen molar-refractivity contribution in [2.45, 2.75) is 13.3 Å². The van der Waals surface area contributed by atoms with Crippen LogP contribution in [0.25, 0.3) is 0 Å². The maximum Gasteiger partial charge on any atom is 0.325 e. The second-order valence-corrected chi connectivity index (χ2v) is 5.43. The predicted molar refractivity (Wildman–Crippen MR) is 98.0 cm³/mol. The van der Waals surface area contributed by atoms with Crippen LogP contribution in [0, 0.1) is 6.92 Å². The van der Waals surface area contributed by atoms with Crippen molar-refractivity contribution in [1.29, 1.82) is 0 Å². The first kappa shape index (κ1) is 19.8. The van der Waals surface area contributed by atoms with Crippen LogP contribution < -0.4 is 30.9 Å². The van der Waals surface area contributed by atoms with E-state index in [0.717, 1.165) is 0 Å². The molecule has 0 aliphatic carbocycles. The molecule has 1 aromatic heterocycles. The monoisotopic (exact) mass is 376 g/mol. The summed E-state index contributed by atoms with van der Waals surface area (Å²) in [5.74, 6) is 0.912. The van der Waals surface area contributed by atoms with Crippen LogP contribution in [-0.4, -0.2) is 43.4 Å². The Kier molecular flexibility index (Phi) is 6.36. The second-order valence-electron chi connectivity index (χ2n) is 5.43. The molecule has 0 radical (unpaired) electrons. The molecule has 0 aliphatic rings. The highest BCUT2D eigenvalue weighted by Gasteiger charge is 2.12. The molecule has 0 saturated heterocycles. The van der Waals surface area contributed by atoms with E-state index in [1.165, 1.54) is 34.5 Å². The van der Waals surface area contributed by atoms with Gasteiger partial charge in [0, 0.05) is 22.9 Å². The van der Waals surface area contributed by atoms with Crippen LogP contribution in [0.15, 0.2) is 26.8 Å². The van der Waals surface area contributed by atoms with Gasteiger partial charge in [-0.15, -0.1) is 0 Å². The van der Waals surface area contributed by atoms with Crippen LogP contribution in [0.5, 0.6) is 17.2 Å². The molecule has 0 unspecified atom stereocenters. The zero-order valence-corrected chi connectivity index (χ0v) is 15.3. The smallest absolute Gasteiger partial charge is 0.325 e. The Morgan fingerprint density at radius 2 is 1.70 bits per heavy atom. The van der Waals surface area contributed by atoms with Gasteiger partial charge >= 0.3 is 5.69 Å². The molecule has 10 nitrogen and oxygen atoms in total. The van der Waals surface area contributed by atoms with E-state index in [-0.39, 0.29) is 12.0 Å². The van der Waals surface area contributed by atoms with Gasteiger partial charge in [0.15, 0.2) is 11.5 Å². The van der Waals surface area contributed by atoms with Gasteiger partial charge in [-0.3, -0.25) is 14.6 Å². The summed E-state index contributed by atoms with van der Waals surface area (Å²) in [5.41, 5.74) is 2.12. The number of nitrogens with zero attached hydrogens (tertiary/aromatic N) is 1. The molecular weight excluding hydrogens is 356 g/mol. The number of hydrazone groups is 1. The quantitative estimate of drug-likeness (QED) is 0.463. The molecular formula is C17H20N4O6. The molecule has 2 rings (SSSR count). The Hall–Kier alpha value is -3.56. The van der Waals surface area contributed by atoms with E-state index < -0.39 is 17.2 Å². The lowest BCUT2D eigenvalue weighted by atomic mass is 10.1. The summed E-state index contributed by atoms with van der Waals surface area (Å²) in [6, 6.07) is 3.27. The van der Waals surface area contributed by atoms with Crippen molar-refractivity contribution in [3.8, 4) is 17.2 Å². The van der Waals surface area contributed by atoms with E-state index in [9.17, 15) is 14.4 Å². The van der Waals surface area contributed by atoms with E-state index in [2.05, 4.69) is 20.5 Å². The van der Waals surface area contributed by atoms with Gasteiger partial charge in [-0.25, -0.2) is 10.2 Å². The lowest BCUT2D eigenvalue weighted by Crippen LogP contribution is -2.30. The Balaban J connectivity index is 2.14. The predicted octanol–water partition coefficient (Wildman–Crippen LogP) is 0.0902. The molecule has 144 valence electrons. The SMILES string of the molecule is COc1cc(OC)c(OC)cc1/C=N\NC(=O)Cc1c(C)[nH]c(=O)[nH]c1=O. The highest BCUT2D eigenvalue weighted by atomic mass is 16.5. The molecule has 1 aromatic carbocycles. The summed E-state index contributed by atoms with van der Waals surface area (Å²) in [7, 11) is 4.49. The fourth-order valence-corrected chi connectivity index (χ4v) is 2.37. The molecule has 1 heterocycles. The van der Waals surface area contributed by atoms with Crippen molar-refractivity contribution in [1.82, 2.24) is 15.4 Å². The minimum Gasteiger partial charge on any atom is -0.496 e. The number of carbonyl (C=O) groups excluding carboxylic acids is 1. The summed E-state index contributed by atoms with van der Waals surface area (Å²) in [6.07, 6.45) is 1.14.